The molecule has 2 fully saturated rings. The molecule has 4 aromatic rings. The number of nitrogen functional groups attached to an aromatic ring is 2. The van der Waals surface area contributed by atoms with Crippen molar-refractivity contribution in [1.29, 1.82) is 0 Å². The highest BCUT2D eigenvalue weighted by Gasteiger charge is 2.52. The molecule has 1 amide bonds. The Morgan fingerprint density at radius 2 is 1.77 bits per heavy atom. The number of rotatable bonds is 19. The highest BCUT2D eigenvalue weighted by molar-refractivity contribution is 8.12. The van der Waals surface area contributed by atoms with E-state index in [1.165, 1.54) is 29.2 Å². The van der Waals surface area contributed by atoms with Crippen molar-refractivity contribution in [3.8, 4) is 0 Å². The highest BCUT2D eigenvalue weighted by Crippen LogP contribution is 2.56. The quantitative estimate of drug-likeness (QED) is 0.0386. The Morgan fingerprint density at radius 3 is 2.48 bits per heavy atom. The number of fused-ring (bicyclic) bond motifs is 1. The maximum atomic E-state index is 14.1. The number of phosphoric acid groups is 1. The van der Waals surface area contributed by atoms with E-state index in [4.69, 9.17) is 30.2 Å². The van der Waals surface area contributed by atoms with E-state index in [0.717, 1.165) is 28.2 Å². The lowest BCUT2D eigenvalue weighted by Crippen LogP contribution is -2.47. The summed E-state index contributed by atoms with van der Waals surface area (Å²) in [6.07, 6.45) is -5.12. The topological polar surface area (TPSA) is 355 Å². The maximum absolute atomic E-state index is 14.1. The number of aromatic nitrogens is 6. The molecule has 2 aliphatic rings. The number of anilines is 2. The molecule has 9 N–H and O–H groups in total. The van der Waals surface area contributed by atoms with Gasteiger partial charge < -0.3 is 55.3 Å². The molecule has 0 radical (unpaired) electrons. The number of nitrogens with one attached hydrogen (secondary N) is 1. The number of ether oxygens (including phenoxy) is 3. The van der Waals surface area contributed by atoms with Gasteiger partial charge in [0.2, 0.25) is 5.91 Å². The summed E-state index contributed by atoms with van der Waals surface area (Å²) in [5.41, 5.74) is 10.1. The van der Waals surface area contributed by atoms with E-state index < -0.39 is 113 Å². The molecule has 9 atom stereocenters. The van der Waals surface area contributed by atoms with Crippen LogP contribution in [0.5, 0.6) is 0 Å². The summed E-state index contributed by atoms with van der Waals surface area (Å²) in [4.78, 5) is 98.6. The number of amides is 1. The van der Waals surface area contributed by atoms with Crippen LogP contribution in [0.3, 0.4) is 0 Å². The summed E-state index contributed by atoms with van der Waals surface area (Å²) >= 11 is 0.903. The van der Waals surface area contributed by atoms with E-state index in [0.29, 0.717) is 0 Å². The van der Waals surface area contributed by atoms with Crippen LogP contribution in [0.15, 0.2) is 72.7 Å². The van der Waals surface area contributed by atoms with Crippen molar-refractivity contribution >= 4 is 67.0 Å². The number of esters is 1. The molecule has 1 aromatic carbocycles. The van der Waals surface area contributed by atoms with Crippen molar-refractivity contribution in [2.75, 3.05) is 24.7 Å². The van der Waals surface area contributed by atoms with E-state index in [1.54, 1.807) is 12.1 Å². The number of thioether (sulfide) groups is 1. The fourth-order valence-corrected chi connectivity index (χ4v) is 9.35. The molecule has 0 spiro atoms. The third kappa shape index (κ3) is 11.6. The monoisotopic (exact) mass is 923 g/mol. The SMILES string of the molecule is C=CCCC(=O)N[C@@H](CC(=O)SCc1ccccc1)C(=O)O[C@@H]1C(COP(=O)(O)[C@H]2C[C@H](n3ccc(N)nc3=O)OC2COP(=O)(O)O)O[C@@H](n2cnc3c(N)ncnc32)[C@@H]1O. The first-order valence-electron chi connectivity index (χ1n) is 18.7. The number of imidazole rings is 1. The number of carbonyl (C=O) groups excluding carboxylic acids is 3. The number of aliphatic hydroxyl groups is 1. The summed E-state index contributed by atoms with van der Waals surface area (Å²) < 4.78 is 55.6. The van der Waals surface area contributed by atoms with E-state index >= 15 is 0 Å². The smallest absolute Gasteiger partial charge is 0.455 e. The fourth-order valence-electron chi connectivity index (χ4n) is 6.63. The summed E-state index contributed by atoms with van der Waals surface area (Å²) in [6, 6.07) is 8.73. The molecule has 3 unspecified atom stereocenters. The van der Waals surface area contributed by atoms with Gasteiger partial charge in [-0.3, -0.25) is 27.8 Å². The number of carbonyl (C=O) groups is 3. The van der Waals surface area contributed by atoms with Crippen molar-refractivity contribution in [3.05, 3.63) is 84.0 Å². The van der Waals surface area contributed by atoms with Crippen molar-refractivity contribution in [2.24, 2.45) is 0 Å². The van der Waals surface area contributed by atoms with Gasteiger partial charge in [0.25, 0.3) is 0 Å². The van der Waals surface area contributed by atoms with Crippen molar-refractivity contribution < 1.29 is 66.6 Å². The largest absolute Gasteiger partial charge is 0.469 e. The second-order valence-electron chi connectivity index (χ2n) is 14.0. The Morgan fingerprint density at radius 1 is 1.03 bits per heavy atom. The van der Waals surface area contributed by atoms with Crippen LogP contribution >= 0.6 is 27.2 Å². The van der Waals surface area contributed by atoms with Crippen LogP contribution in [0.25, 0.3) is 11.2 Å². The molecule has 2 saturated heterocycles. The van der Waals surface area contributed by atoms with Gasteiger partial charge in [-0.25, -0.2) is 29.1 Å². The lowest BCUT2D eigenvalue weighted by atomic mass is 10.1. The van der Waals surface area contributed by atoms with Crippen molar-refractivity contribution in [2.45, 2.75) is 80.0 Å². The van der Waals surface area contributed by atoms with Gasteiger partial charge in [0, 0.05) is 31.2 Å². The zero-order chi connectivity index (χ0) is 44.8. The third-order valence-corrected chi connectivity index (χ3v) is 13.0. The zero-order valence-corrected chi connectivity index (χ0v) is 35.1. The Bertz CT molecular complexity index is 2420. The normalized spacial score (nSPS) is 24.0. The average Bonchev–Trinajstić information content (AvgIpc) is 3.94. The van der Waals surface area contributed by atoms with Crippen molar-refractivity contribution in [1.82, 2.24) is 34.4 Å². The second-order valence-corrected chi connectivity index (χ2v) is 18.3. The molecule has 24 nitrogen and oxygen atoms in total. The summed E-state index contributed by atoms with van der Waals surface area (Å²) in [6.45, 7) is 1.78. The molecule has 6 rings (SSSR count). The molecule has 2 aliphatic heterocycles. The first-order chi connectivity index (χ1) is 29.4. The van der Waals surface area contributed by atoms with Crippen molar-refractivity contribution in [3.63, 3.8) is 0 Å². The molecular weight excluding hydrogens is 880 g/mol. The minimum absolute atomic E-state index is 0.0125. The number of nitrogens with zero attached hydrogens (tertiary/aromatic N) is 6. The molecule has 3 aromatic heterocycles. The van der Waals surface area contributed by atoms with Gasteiger partial charge in [0.1, 0.15) is 42.1 Å². The molecule has 0 aliphatic carbocycles. The lowest BCUT2D eigenvalue weighted by Gasteiger charge is -2.26. The number of nitrogens with two attached hydrogens (primary N) is 2. The van der Waals surface area contributed by atoms with Gasteiger partial charge >= 0.3 is 27.1 Å². The van der Waals surface area contributed by atoms with Gasteiger partial charge in [-0.05, 0) is 18.1 Å². The summed E-state index contributed by atoms with van der Waals surface area (Å²) in [5, 5.41) is 13.8. The van der Waals surface area contributed by atoms with Crippen LogP contribution in [0.2, 0.25) is 0 Å². The number of hydrogen-bond acceptors (Lipinski definition) is 19. The predicted octanol–water partition coefficient (Wildman–Crippen LogP) is 0.686. The Kier molecular flexibility index (Phi) is 15.1. The van der Waals surface area contributed by atoms with E-state index in [-0.39, 0.29) is 41.4 Å². The summed E-state index contributed by atoms with van der Waals surface area (Å²) in [5.74, 6) is -1.64. The Labute approximate surface area is 355 Å². The van der Waals surface area contributed by atoms with Crippen LogP contribution < -0.4 is 22.5 Å². The molecule has 27 heteroatoms. The number of allylic oxidation sites excluding steroid dienone is 1. The second kappa shape index (κ2) is 20.1. The number of benzene rings is 1. The molecule has 334 valence electrons. The number of aliphatic hydroxyl groups excluding tert-OH is 1. The standard InChI is InChI=1S/C35H43N9O15P2S/c1-2-3-9-25(45)41-20(12-27(46)62-16-19-7-5-4-6-8-19)34(48)59-30-22(58-33(29(30)47)44-18-40-28-31(37)38-17-39-32(28)44)15-55-60(50,51)23-13-26(43-11-10-24(36)42-35(43)49)57-21(23)14-56-61(52,53)54/h2,4-8,10-11,17-18,20-23,26,29-30,33,47H,1,3,9,12-16H2,(H,41,45)(H,50,51)(H2,36,42,49)(H2,37,38,39)(H2,52,53,54)/t20-,21?,22?,23-,26+,29+,30+,33+/m0/s1. The van der Waals surface area contributed by atoms with E-state index in [2.05, 4.69) is 36.4 Å². The average molecular weight is 924 g/mol. The van der Waals surface area contributed by atoms with Crippen LogP contribution in [-0.2, 0) is 52.5 Å². The zero-order valence-electron chi connectivity index (χ0n) is 32.5. The van der Waals surface area contributed by atoms with Gasteiger partial charge in [0.15, 0.2) is 28.9 Å². The lowest BCUT2D eigenvalue weighted by molar-refractivity contribution is -0.160. The number of hydrogen-bond donors (Lipinski definition) is 7. The Hall–Kier alpha value is -4.91. The maximum Gasteiger partial charge on any atom is 0.469 e. The Balaban J connectivity index is 1.26. The van der Waals surface area contributed by atoms with E-state index in [1.807, 2.05) is 18.2 Å². The molecule has 0 bridgehead atoms. The van der Waals surface area contributed by atoms with E-state index in [9.17, 15) is 48.1 Å². The molecular formula is C35H43N9O15P2S. The first kappa shape index (κ1) is 46.6. The minimum atomic E-state index is -5.13. The van der Waals surface area contributed by atoms with Gasteiger partial charge in [-0.1, -0.05) is 48.2 Å². The fraction of sp³-hybridized carbons (Fsp3) is 0.429. The minimum Gasteiger partial charge on any atom is -0.455 e. The number of phosphoric ester groups is 1. The third-order valence-electron chi connectivity index (χ3n) is 9.65. The van der Waals surface area contributed by atoms with Gasteiger partial charge in [-0.15, -0.1) is 6.58 Å². The summed E-state index contributed by atoms with van der Waals surface area (Å²) in [7, 11) is -10.1. The predicted molar refractivity (Wildman–Crippen MR) is 217 cm³/mol. The molecule has 62 heavy (non-hydrogen) atoms. The van der Waals surface area contributed by atoms with Crippen LogP contribution in [0, 0.1) is 0 Å². The van der Waals surface area contributed by atoms with Crippen LogP contribution in [0.4, 0.5) is 11.6 Å². The van der Waals surface area contributed by atoms with Crippen LogP contribution in [0.1, 0.15) is 43.7 Å². The molecule has 0 saturated carbocycles. The van der Waals surface area contributed by atoms with Crippen LogP contribution in [-0.4, -0.2) is 115 Å². The van der Waals surface area contributed by atoms with Gasteiger partial charge in [-0.2, -0.15) is 4.98 Å². The highest BCUT2D eigenvalue weighted by atomic mass is 32.2. The first-order valence-corrected chi connectivity index (χ1v) is 22.8. The van der Waals surface area contributed by atoms with Gasteiger partial charge in [0.05, 0.1) is 31.3 Å². The molecule has 5 heterocycles.